The predicted octanol–water partition coefficient (Wildman–Crippen LogP) is 1.45. The van der Waals surface area contributed by atoms with E-state index in [1.807, 2.05) is 60.7 Å². The van der Waals surface area contributed by atoms with Gasteiger partial charge < -0.3 is 34.7 Å². The Labute approximate surface area is 279 Å². The first kappa shape index (κ1) is 34.9. The molecule has 5 rings (SSSR count). The first-order chi connectivity index (χ1) is 23.2. The van der Waals surface area contributed by atoms with Crippen molar-refractivity contribution in [2.75, 3.05) is 46.6 Å². The standard InChI is InChI=1S/C35H43N5O8/c1-35(23-47-35)31(41)28(19-25-11-7-4-8-12-25)37-34(44)30(22-45-2)38-32(42)27(14-13-24-9-5-3-6-10-24)36-33(43)29-20-26(48-39-29)21-40-15-17-46-18-16-40/h3-12,20,27-28,30H,13-19,21-23H2,1-2H3,(H,36,43)(H,37,44)(H,38,42). The zero-order valence-corrected chi connectivity index (χ0v) is 27.3. The number of Topliss-reactive ketones (excluding diaryl/α,β-unsaturated/α-hetero) is 1. The molecule has 0 spiro atoms. The van der Waals surface area contributed by atoms with E-state index in [1.165, 1.54) is 7.11 Å². The summed E-state index contributed by atoms with van der Waals surface area (Å²) < 4.78 is 21.5. The minimum atomic E-state index is -1.15. The molecular formula is C35H43N5O8. The Balaban J connectivity index is 1.27. The summed E-state index contributed by atoms with van der Waals surface area (Å²) in [5, 5.41) is 12.3. The van der Waals surface area contributed by atoms with Crippen LogP contribution in [0.1, 0.15) is 40.7 Å². The first-order valence-electron chi connectivity index (χ1n) is 16.2. The van der Waals surface area contributed by atoms with E-state index < -0.39 is 41.4 Å². The maximum atomic E-state index is 13.8. The Hall–Kier alpha value is -4.43. The van der Waals surface area contributed by atoms with Crippen molar-refractivity contribution < 1.29 is 37.9 Å². The second-order valence-corrected chi connectivity index (χ2v) is 12.3. The van der Waals surface area contributed by atoms with Gasteiger partial charge in [0.2, 0.25) is 11.8 Å². The summed E-state index contributed by atoms with van der Waals surface area (Å²) in [4.78, 5) is 56.2. The smallest absolute Gasteiger partial charge is 0.274 e. The van der Waals surface area contributed by atoms with Crippen molar-refractivity contribution in [1.82, 2.24) is 26.0 Å². The molecule has 0 aliphatic carbocycles. The molecule has 13 heteroatoms. The lowest BCUT2D eigenvalue weighted by atomic mass is 9.94. The molecule has 13 nitrogen and oxygen atoms in total. The molecular weight excluding hydrogens is 618 g/mol. The van der Waals surface area contributed by atoms with Crippen LogP contribution in [0.4, 0.5) is 0 Å². The van der Waals surface area contributed by atoms with Gasteiger partial charge in [0.25, 0.3) is 5.91 Å². The number of carbonyl (C=O) groups excluding carboxylic acids is 4. The highest BCUT2D eigenvalue weighted by Crippen LogP contribution is 2.29. The molecule has 0 saturated carbocycles. The summed E-state index contributed by atoms with van der Waals surface area (Å²) in [6.45, 7) is 5.02. The van der Waals surface area contributed by atoms with Gasteiger partial charge in [-0.2, -0.15) is 0 Å². The summed E-state index contributed by atoms with van der Waals surface area (Å²) in [5.41, 5.74) is 0.906. The number of carbonyl (C=O) groups is 4. The van der Waals surface area contributed by atoms with E-state index in [1.54, 1.807) is 13.0 Å². The molecule has 2 saturated heterocycles. The van der Waals surface area contributed by atoms with Crippen LogP contribution < -0.4 is 16.0 Å². The molecule has 3 amide bonds. The number of aryl methyl sites for hydroxylation is 1. The lowest BCUT2D eigenvalue weighted by Crippen LogP contribution is -2.58. The maximum Gasteiger partial charge on any atom is 0.274 e. The number of hydrogen-bond donors (Lipinski definition) is 3. The minimum absolute atomic E-state index is 0.0417. The van der Waals surface area contributed by atoms with Crippen molar-refractivity contribution in [3.05, 3.63) is 89.3 Å². The van der Waals surface area contributed by atoms with Crippen LogP contribution in [0.15, 0.2) is 71.3 Å². The fraction of sp³-hybridized carbons (Fsp3) is 0.457. The van der Waals surface area contributed by atoms with Crippen molar-refractivity contribution in [3.63, 3.8) is 0 Å². The summed E-state index contributed by atoms with van der Waals surface area (Å²) in [6.07, 6.45) is 0.971. The average Bonchev–Trinajstić information content (AvgIpc) is 3.69. The van der Waals surface area contributed by atoms with E-state index in [0.29, 0.717) is 31.9 Å². The maximum absolute atomic E-state index is 13.8. The van der Waals surface area contributed by atoms with E-state index in [4.69, 9.17) is 18.7 Å². The van der Waals surface area contributed by atoms with Crippen LogP contribution in [0, 0.1) is 0 Å². The molecule has 4 unspecified atom stereocenters. The minimum Gasteiger partial charge on any atom is -0.382 e. The quantitative estimate of drug-likeness (QED) is 0.181. The molecule has 3 N–H and O–H groups in total. The zero-order chi connectivity index (χ0) is 33.9. The fourth-order valence-electron chi connectivity index (χ4n) is 5.50. The number of rotatable bonds is 17. The van der Waals surface area contributed by atoms with Gasteiger partial charge in [0.1, 0.15) is 17.7 Å². The Morgan fingerprint density at radius 1 is 0.896 bits per heavy atom. The third kappa shape index (κ3) is 9.80. The van der Waals surface area contributed by atoms with Crippen molar-refractivity contribution in [2.45, 2.75) is 56.5 Å². The fourth-order valence-corrected chi connectivity index (χ4v) is 5.50. The molecule has 48 heavy (non-hydrogen) atoms. The van der Waals surface area contributed by atoms with E-state index >= 15 is 0 Å². The Bertz CT molecular complexity index is 1520. The van der Waals surface area contributed by atoms with E-state index in [0.717, 1.165) is 24.2 Å². The average molecular weight is 662 g/mol. The summed E-state index contributed by atoms with van der Waals surface area (Å²) in [7, 11) is 1.41. The Kier molecular flexibility index (Phi) is 12.1. The van der Waals surface area contributed by atoms with Gasteiger partial charge in [0.05, 0.1) is 39.0 Å². The van der Waals surface area contributed by atoms with Crippen molar-refractivity contribution >= 4 is 23.5 Å². The lowest BCUT2D eigenvalue weighted by Gasteiger charge is -2.25. The Morgan fingerprint density at radius 3 is 2.17 bits per heavy atom. The summed E-state index contributed by atoms with van der Waals surface area (Å²) in [6, 6.07) is 17.4. The molecule has 2 aromatic carbocycles. The number of aromatic nitrogens is 1. The van der Waals surface area contributed by atoms with Gasteiger partial charge in [-0.25, -0.2) is 0 Å². The van der Waals surface area contributed by atoms with Crippen molar-refractivity contribution in [3.8, 4) is 0 Å². The van der Waals surface area contributed by atoms with Crippen molar-refractivity contribution in [1.29, 1.82) is 0 Å². The van der Waals surface area contributed by atoms with Gasteiger partial charge in [0.15, 0.2) is 17.2 Å². The second-order valence-electron chi connectivity index (χ2n) is 12.3. The number of nitrogens with zero attached hydrogens (tertiary/aromatic N) is 2. The lowest BCUT2D eigenvalue weighted by molar-refractivity contribution is -0.134. The number of methoxy groups -OCH3 is 1. The van der Waals surface area contributed by atoms with E-state index in [9.17, 15) is 19.2 Å². The van der Waals surface area contributed by atoms with Crippen LogP contribution in [0.2, 0.25) is 0 Å². The number of morpholine rings is 1. The highest BCUT2D eigenvalue weighted by atomic mass is 16.6. The molecule has 256 valence electrons. The number of nitrogens with one attached hydrogen (secondary N) is 3. The first-order valence-corrected chi connectivity index (χ1v) is 16.2. The van der Waals surface area contributed by atoms with Crippen LogP contribution >= 0.6 is 0 Å². The molecule has 2 aliphatic rings. The normalized spacial score (nSPS) is 19.5. The molecule has 2 fully saturated rings. The molecule has 0 bridgehead atoms. The monoisotopic (exact) mass is 661 g/mol. The van der Waals surface area contributed by atoms with Gasteiger partial charge in [0, 0.05) is 26.3 Å². The largest absolute Gasteiger partial charge is 0.382 e. The van der Waals surface area contributed by atoms with Gasteiger partial charge in [-0.05, 0) is 37.3 Å². The van der Waals surface area contributed by atoms with Crippen LogP contribution in [-0.2, 0) is 48.0 Å². The zero-order valence-electron chi connectivity index (χ0n) is 27.3. The van der Waals surface area contributed by atoms with Gasteiger partial charge in [-0.15, -0.1) is 0 Å². The Morgan fingerprint density at radius 2 is 1.52 bits per heavy atom. The molecule has 4 atom stereocenters. The number of amides is 3. The molecule has 3 heterocycles. The van der Waals surface area contributed by atoms with E-state index in [-0.39, 0.29) is 37.5 Å². The number of epoxide rings is 1. The number of ketones is 1. The molecule has 3 aromatic rings. The number of hydrogen-bond acceptors (Lipinski definition) is 10. The van der Waals surface area contributed by atoms with Crippen LogP contribution in [0.3, 0.4) is 0 Å². The SMILES string of the molecule is COCC(NC(=O)C(CCc1ccccc1)NC(=O)c1cc(CN2CCOCC2)on1)C(=O)NC(Cc1ccccc1)C(=O)C1(C)CO1. The molecule has 0 radical (unpaired) electrons. The molecule has 1 aromatic heterocycles. The van der Waals surface area contributed by atoms with Gasteiger partial charge in [-0.1, -0.05) is 65.8 Å². The second kappa shape index (κ2) is 16.6. The van der Waals surface area contributed by atoms with Crippen molar-refractivity contribution in [2.24, 2.45) is 0 Å². The predicted molar refractivity (Wildman–Crippen MR) is 174 cm³/mol. The number of ether oxygens (including phenoxy) is 3. The van der Waals surface area contributed by atoms with E-state index in [2.05, 4.69) is 26.0 Å². The van der Waals surface area contributed by atoms with Gasteiger partial charge >= 0.3 is 0 Å². The topological polar surface area (TPSA) is 165 Å². The summed E-state index contributed by atoms with van der Waals surface area (Å²) in [5.74, 6) is -1.50. The third-order valence-electron chi connectivity index (χ3n) is 8.44. The highest BCUT2D eigenvalue weighted by Gasteiger charge is 2.50. The molecule has 2 aliphatic heterocycles. The third-order valence-corrected chi connectivity index (χ3v) is 8.44. The van der Waals surface area contributed by atoms with Crippen LogP contribution in [0.25, 0.3) is 0 Å². The van der Waals surface area contributed by atoms with Crippen LogP contribution in [-0.4, -0.2) is 104 Å². The van der Waals surface area contributed by atoms with Gasteiger partial charge in [-0.3, -0.25) is 24.1 Å². The number of benzene rings is 2. The summed E-state index contributed by atoms with van der Waals surface area (Å²) >= 11 is 0. The highest BCUT2D eigenvalue weighted by molar-refractivity contribution is 5.99. The van der Waals surface area contributed by atoms with Crippen LogP contribution in [0.5, 0.6) is 0 Å².